The van der Waals surface area contributed by atoms with Crippen LogP contribution in [0.2, 0.25) is 0 Å². The number of hydrogen-bond donors (Lipinski definition) is 2. The first-order chi connectivity index (χ1) is 16.1. The number of anilines is 2. The van der Waals surface area contributed by atoms with Crippen molar-refractivity contribution in [3.8, 4) is 0 Å². The first kappa shape index (κ1) is 20.0. The average Bonchev–Trinajstić information content (AvgIpc) is 3.47. The van der Waals surface area contributed by atoms with Crippen LogP contribution in [0.25, 0.3) is 0 Å². The minimum atomic E-state index is -0.460. The number of nitro groups is 1. The van der Waals surface area contributed by atoms with Crippen LogP contribution >= 0.6 is 0 Å². The molecule has 33 heavy (non-hydrogen) atoms. The van der Waals surface area contributed by atoms with Gasteiger partial charge in [-0.1, -0.05) is 36.4 Å². The van der Waals surface area contributed by atoms with E-state index in [2.05, 4.69) is 41.0 Å². The zero-order valence-corrected chi connectivity index (χ0v) is 18.1. The van der Waals surface area contributed by atoms with Gasteiger partial charge in [0.2, 0.25) is 0 Å². The molecule has 166 valence electrons. The van der Waals surface area contributed by atoms with Gasteiger partial charge in [-0.25, -0.2) is 0 Å². The van der Waals surface area contributed by atoms with Crippen molar-refractivity contribution in [2.24, 2.45) is 17.8 Å². The lowest BCUT2D eigenvalue weighted by Gasteiger charge is -2.43. The molecule has 2 aliphatic carbocycles. The number of nitrogens with zero attached hydrogens (tertiary/aromatic N) is 1. The SMILES string of the molecule is O=C(Nc1cccc([N+](=O)[O-])c1)c1ccc2c(c1)[C@@H]1[C@H]3CC[C@@H](C3)[C@H]1[C@@H](c1ccccc1)N2. The number of non-ortho nitro benzene ring substituents is 1. The molecule has 0 aromatic heterocycles. The van der Waals surface area contributed by atoms with Crippen LogP contribution in [-0.2, 0) is 0 Å². The van der Waals surface area contributed by atoms with Gasteiger partial charge < -0.3 is 10.6 Å². The van der Waals surface area contributed by atoms with Crippen molar-refractivity contribution >= 4 is 23.0 Å². The number of rotatable bonds is 4. The van der Waals surface area contributed by atoms with Crippen LogP contribution in [0.3, 0.4) is 0 Å². The zero-order valence-electron chi connectivity index (χ0n) is 18.1. The molecule has 6 nitrogen and oxygen atoms in total. The van der Waals surface area contributed by atoms with E-state index < -0.39 is 4.92 Å². The lowest BCUT2D eigenvalue weighted by atomic mass is 9.68. The van der Waals surface area contributed by atoms with Gasteiger partial charge in [0.25, 0.3) is 11.6 Å². The zero-order chi connectivity index (χ0) is 22.5. The summed E-state index contributed by atoms with van der Waals surface area (Å²) in [5, 5.41) is 17.7. The fraction of sp³-hybridized carbons (Fsp3) is 0.296. The molecule has 3 aromatic carbocycles. The Bertz CT molecular complexity index is 1240. The number of hydrogen-bond acceptors (Lipinski definition) is 4. The average molecular weight is 440 g/mol. The van der Waals surface area contributed by atoms with Crippen LogP contribution in [0.1, 0.15) is 52.7 Å². The molecule has 1 amide bonds. The van der Waals surface area contributed by atoms with Gasteiger partial charge in [-0.3, -0.25) is 14.9 Å². The predicted octanol–water partition coefficient (Wildman–Crippen LogP) is 6.14. The largest absolute Gasteiger partial charge is 0.378 e. The van der Waals surface area contributed by atoms with Gasteiger partial charge in [-0.05, 0) is 78.3 Å². The number of nitrogens with one attached hydrogen (secondary N) is 2. The van der Waals surface area contributed by atoms with Crippen molar-refractivity contribution in [2.75, 3.05) is 10.6 Å². The molecule has 2 fully saturated rings. The fourth-order valence-corrected chi connectivity index (χ4v) is 6.52. The minimum absolute atomic E-state index is 0.0424. The lowest BCUT2D eigenvalue weighted by molar-refractivity contribution is -0.384. The van der Waals surface area contributed by atoms with Gasteiger partial charge in [0, 0.05) is 29.1 Å². The van der Waals surface area contributed by atoms with Gasteiger partial charge in [0.1, 0.15) is 0 Å². The molecular weight excluding hydrogens is 414 g/mol. The van der Waals surface area contributed by atoms with Crippen LogP contribution in [0.4, 0.5) is 17.1 Å². The number of carbonyl (C=O) groups excluding carboxylic acids is 1. The second kappa shape index (κ2) is 7.73. The Morgan fingerprint density at radius 3 is 2.61 bits per heavy atom. The maximum atomic E-state index is 13.0. The summed E-state index contributed by atoms with van der Waals surface area (Å²) in [6, 6.07) is 22.9. The molecule has 3 aliphatic rings. The molecule has 3 aromatic rings. The van der Waals surface area contributed by atoms with Gasteiger partial charge >= 0.3 is 0 Å². The van der Waals surface area contributed by atoms with Crippen molar-refractivity contribution in [2.45, 2.75) is 31.2 Å². The third-order valence-corrected chi connectivity index (χ3v) is 7.82. The van der Waals surface area contributed by atoms with Crippen molar-refractivity contribution in [3.05, 3.63) is 99.6 Å². The minimum Gasteiger partial charge on any atom is -0.378 e. The second-order valence-electron chi connectivity index (χ2n) is 9.53. The Labute approximate surface area is 192 Å². The molecule has 6 rings (SSSR count). The summed E-state index contributed by atoms with van der Waals surface area (Å²) in [7, 11) is 0. The van der Waals surface area contributed by atoms with Crippen LogP contribution in [0.15, 0.2) is 72.8 Å². The van der Waals surface area contributed by atoms with Crippen LogP contribution < -0.4 is 10.6 Å². The summed E-state index contributed by atoms with van der Waals surface area (Å²) in [5.74, 6) is 2.13. The molecule has 0 saturated heterocycles. The Hall–Kier alpha value is -3.67. The molecule has 1 heterocycles. The number of fused-ring (bicyclic) bond motifs is 7. The summed E-state index contributed by atoms with van der Waals surface area (Å²) >= 11 is 0. The summed E-state index contributed by atoms with van der Waals surface area (Å²) < 4.78 is 0. The smallest absolute Gasteiger partial charge is 0.271 e. The monoisotopic (exact) mass is 439 g/mol. The highest BCUT2D eigenvalue weighted by molar-refractivity contribution is 6.04. The lowest BCUT2D eigenvalue weighted by Crippen LogP contribution is -2.35. The number of carbonyl (C=O) groups is 1. The molecule has 2 saturated carbocycles. The molecule has 5 atom stereocenters. The van der Waals surface area contributed by atoms with E-state index in [9.17, 15) is 14.9 Å². The summed E-state index contributed by atoms with van der Waals surface area (Å²) in [5.41, 5.74) is 4.65. The normalized spacial score (nSPS) is 26.7. The summed E-state index contributed by atoms with van der Waals surface area (Å²) in [6.07, 6.45) is 3.82. The Morgan fingerprint density at radius 1 is 0.970 bits per heavy atom. The van der Waals surface area contributed by atoms with Crippen molar-refractivity contribution in [1.29, 1.82) is 0 Å². The Morgan fingerprint density at radius 2 is 1.79 bits per heavy atom. The topological polar surface area (TPSA) is 84.3 Å². The Kier molecular flexibility index (Phi) is 4.68. The quantitative estimate of drug-likeness (QED) is 0.378. The van der Waals surface area contributed by atoms with Crippen LogP contribution in [-0.4, -0.2) is 10.8 Å². The maximum absolute atomic E-state index is 13.0. The molecule has 0 radical (unpaired) electrons. The number of nitro benzene ring substituents is 1. The van der Waals surface area contributed by atoms with E-state index in [-0.39, 0.29) is 11.6 Å². The van der Waals surface area contributed by atoms with Gasteiger partial charge in [0.15, 0.2) is 0 Å². The summed E-state index contributed by atoms with van der Waals surface area (Å²) in [4.78, 5) is 23.6. The molecule has 1 aliphatic heterocycles. The molecular formula is C27H25N3O3. The maximum Gasteiger partial charge on any atom is 0.271 e. The number of amides is 1. The van der Waals surface area contributed by atoms with E-state index in [1.165, 1.54) is 42.5 Å². The molecule has 2 N–H and O–H groups in total. The fourth-order valence-electron chi connectivity index (χ4n) is 6.52. The van der Waals surface area contributed by atoms with Crippen molar-refractivity contribution in [3.63, 3.8) is 0 Å². The number of benzene rings is 3. The van der Waals surface area contributed by atoms with E-state index in [0.29, 0.717) is 41.0 Å². The first-order valence-electron chi connectivity index (χ1n) is 11.6. The third kappa shape index (κ3) is 3.37. The van der Waals surface area contributed by atoms with E-state index >= 15 is 0 Å². The van der Waals surface area contributed by atoms with Gasteiger partial charge in [-0.2, -0.15) is 0 Å². The second-order valence-corrected chi connectivity index (χ2v) is 9.53. The third-order valence-electron chi connectivity index (χ3n) is 7.82. The van der Waals surface area contributed by atoms with E-state index in [4.69, 9.17) is 0 Å². The predicted molar refractivity (Wildman–Crippen MR) is 127 cm³/mol. The van der Waals surface area contributed by atoms with Gasteiger partial charge in [0.05, 0.1) is 11.0 Å². The molecule has 6 heteroatoms. The standard InChI is InChI=1S/C27H25N3O3/c31-27(28-20-7-4-8-21(15-20)30(32)33)19-11-12-23-22(14-19)24-17-9-10-18(13-17)25(24)26(29-23)16-5-2-1-3-6-16/h1-8,11-12,14-15,17-18,24-26,29H,9-10,13H2,(H,28,31)/t17-,18-,24-,25+,26+/m0/s1. The van der Waals surface area contributed by atoms with Crippen molar-refractivity contribution < 1.29 is 9.72 Å². The highest BCUT2D eigenvalue weighted by atomic mass is 16.6. The van der Waals surface area contributed by atoms with Crippen molar-refractivity contribution in [1.82, 2.24) is 0 Å². The van der Waals surface area contributed by atoms with Crippen LogP contribution in [0, 0.1) is 27.9 Å². The summed E-state index contributed by atoms with van der Waals surface area (Å²) in [6.45, 7) is 0. The molecule has 0 unspecified atom stereocenters. The van der Waals surface area contributed by atoms with E-state index in [1.54, 1.807) is 12.1 Å². The Balaban J connectivity index is 1.33. The van der Waals surface area contributed by atoms with E-state index in [1.807, 2.05) is 18.2 Å². The highest BCUT2D eigenvalue weighted by Crippen LogP contribution is 2.63. The molecule has 2 bridgehead atoms. The molecule has 0 spiro atoms. The first-order valence-corrected chi connectivity index (χ1v) is 11.6. The van der Waals surface area contributed by atoms with Crippen LogP contribution in [0.5, 0.6) is 0 Å². The van der Waals surface area contributed by atoms with E-state index in [0.717, 1.165) is 5.69 Å². The highest BCUT2D eigenvalue weighted by Gasteiger charge is 2.53. The van der Waals surface area contributed by atoms with Gasteiger partial charge in [-0.15, -0.1) is 0 Å².